The topological polar surface area (TPSA) is 37.4 Å². The zero-order valence-corrected chi connectivity index (χ0v) is 12.6. The Labute approximate surface area is 119 Å². The first kappa shape index (κ1) is 14.9. The van der Waals surface area contributed by atoms with Crippen LogP contribution in [-0.2, 0) is 10.0 Å². The number of hydrogen-bond donors (Lipinski definition) is 0. The van der Waals surface area contributed by atoms with Crippen LogP contribution in [0.2, 0.25) is 0 Å². The smallest absolute Gasteiger partial charge is 0.207 e. The molecule has 0 unspecified atom stereocenters. The third-order valence-corrected chi connectivity index (χ3v) is 5.59. The summed E-state index contributed by atoms with van der Waals surface area (Å²) >= 11 is 3.22. The summed E-state index contributed by atoms with van der Waals surface area (Å²) in [6.07, 6.45) is 2.63. The largest absolute Gasteiger partial charge is 0.243 e. The molecule has 1 saturated carbocycles. The first-order valence-electron chi connectivity index (χ1n) is 5.99. The Balaban J connectivity index is 2.35. The lowest BCUT2D eigenvalue weighted by Crippen LogP contribution is -2.45. The Morgan fingerprint density at radius 1 is 1.26 bits per heavy atom. The summed E-state index contributed by atoms with van der Waals surface area (Å²) in [6, 6.07) is 2.66. The standard InChI is InChI=1S/C12H14BrF2NO2S/c13-6-7-16(9-2-1-3-9)19(17,18)10-4-5-11(14)12(15)8-10/h4-5,8-9H,1-3,6-7H2. The van der Waals surface area contributed by atoms with Crippen LogP contribution >= 0.6 is 15.9 Å². The molecule has 106 valence electrons. The van der Waals surface area contributed by atoms with Gasteiger partial charge >= 0.3 is 0 Å². The summed E-state index contributed by atoms with van der Waals surface area (Å²) in [7, 11) is -3.77. The quantitative estimate of drug-likeness (QED) is 0.763. The predicted molar refractivity (Wildman–Crippen MR) is 71.7 cm³/mol. The number of hydrogen-bond acceptors (Lipinski definition) is 2. The molecule has 7 heteroatoms. The third-order valence-electron chi connectivity index (χ3n) is 3.28. The summed E-state index contributed by atoms with van der Waals surface area (Å²) in [5.41, 5.74) is 0. The van der Waals surface area contributed by atoms with Crippen LogP contribution in [0.15, 0.2) is 23.1 Å². The van der Waals surface area contributed by atoms with E-state index in [0.717, 1.165) is 37.5 Å². The molecule has 1 aromatic rings. The molecule has 1 fully saturated rings. The molecule has 0 spiro atoms. The Kier molecular flexibility index (Phi) is 4.58. The highest BCUT2D eigenvalue weighted by atomic mass is 79.9. The molecule has 0 bridgehead atoms. The van der Waals surface area contributed by atoms with Gasteiger partial charge in [0.1, 0.15) is 0 Å². The van der Waals surface area contributed by atoms with E-state index >= 15 is 0 Å². The highest BCUT2D eigenvalue weighted by molar-refractivity contribution is 9.09. The van der Waals surface area contributed by atoms with Crippen molar-refractivity contribution >= 4 is 26.0 Å². The van der Waals surface area contributed by atoms with Gasteiger partial charge in [-0.1, -0.05) is 22.4 Å². The summed E-state index contributed by atoms with van der Waals surface area (Å²) in [6.45, 7) is 0.325. The maximum Gasteiger partial charge on any atom is 0.243 e. The lowest BCUT2D eigenvalue weighted by Gasteiger charge is -2.36. The lowest BCUT2D eigenvalue weighted by atomic mass is 9.93. The zero-order valence-electron chi connectivity index (χ0n) is 10.2. The van der Waals surface area contributed by atoms with Crippen molar-refractivity contribution in [3.63, 3.8) is 0 Å². The average molecular weight is 354 g/mol. The van der Waals surface area contributed by atoms with Gasteiger partial charge < -0.3 is 0 Å². The van der Waals surface area contributed by atoms with Crippen LogP contribution in [0.5, 0.6) is 0 Å². The molecule has 0 aromatic heterocycles. The van der Waals surface area contributed by atoms with E-state index in [4.69, 9.17) is 0 Å². The van der Waals surface area contributed by atoms with E-state index in [-0.39, 0.29) is 10.9 Å². The summed E-state index contributed by atoms with van der Waals surface area (Å²) in [5.74, 6) is -2.19. The monoisotopic (exact) mass is 353 g/mol. The summed E-state index contributed by atoms with van der Waals surface area (Å²) in [4.78, 5) is -0.195. The van der Waals surface area contributed by atoms with E-state index in [9.17, 15) is 17.2 Å². The average Bonchev–Trinajstić information content (AvgIpc) is 2.29. The first-order valence-corrected chi connectivity index (χ1v) is 8.56. The minimum absolute atomic E-state index is 0.0318. The van der Waals surface area contributed by atoms with Crippen molar-refractivity contribution in [3.8, 4) is 0 Å². The van der Waals surface area contributed by atoms with Gasteiger partial charge in [0.25, 0.3) is 0 Å². The van der Waals surface area contributed by atoms with Gasteiger partial charge in [-0.05, 0) is 31.0 Å². The first-order chi connectivity index (χ1) is 8.96. The fraction of sp³-hybridized carbons (Fsp3) is 0.500. The van der Waals surface area contributed by atoms with Crippen molar-refractivity contribution in [3.05, 3.63) is 29.8 Å². The van der Waals surface area contributed by atoms with E-state index < -0.39 is 21.7 Å². The molecule has 2 rings (SSSR count). The molecular formula is C12H14BrF2NO2S. The van der Waals surface area contributed by atoms with Gasteiger partial charge in [-0.2, -0.15) is 4.31 Å². The molecule has 1 aliphatic carbocycles. The van der Waals surface area contributed by atoms with Gasteiger partial charge in [-0.3, -0.25) is 0 Å². The van der Waals surface area contributed by atoms with Crippen molar-refractivity contribution in [1.29, 1.82) is 0 Å². The van der Waals surface area contributed by atoms with Crippen LogP contribution < -0.4 is 0 Å². The Bertz CT molecular complexity index is 561. The number of halogens is 3. The van der Waals surface area contributed by atoms with Crippen LogP contribution in [0, 0.1) is 11.6 Å². The van der Waals surface area contributed by atoms with Crippen molar-refractivity contribution < 1.29 is 17.2 Å². The molecule has 3 nitrogen and oxygen atoms in total. The van der Waals surface area contributed by atoms with Gasteiger partial charge in [0, 0.05) is 17.9 Å². The van der Waals surface area contributed by atoms with E-state index in [0.29, 0.717) is 11.9 Å². The normalized spacial score (nSPS) is 16.6. The molecule has 0 amide bonds. The van der Waals surface area contributed by atoms with Gasteiger partial charge in [0.15, 0.2) is 11.6 Å². The minimum Gasteiger partial charge on any atom is -0.207 e. The van der Waals surface area contributed by atoms with Crippen LogP contribution in [0.1, 0.15) is 19.3 Å². The maximum absolute atomic E-state index is 13.2. The fourth-order valence-electron chi connectivity index (χ4n) is 2.03. The van der Waals surface area contributed by atoms with Gasteiger partial charge in [-0.15, -0.1) is 0 Å². The van der Waals surface area contributed by atoms with E-state index in [1.807, 2.05) is 0 Å². The molecule has 0 heterocycles. The molecule has 0 N–H and O–H groups in total. The molecular weight excluding hydrogens is 340 g/mol. The highest BCUT2D eigenvalue weighted by Gasteiger charge is 2.34. The predicted octanol–water partition coefficient (Wildman–Crippen LogP) is 2.90. The number of rotatable bonds is 5. The number of alkyl halides is 1. The van der Waals surface area contributed by atoms with Crippen molar-refractivity contribution in [2.75, 3.05) is 11.9 Å². The van der Waals surface area contributed by atoms with E-state index in [1.165, 1.54) is 4.31 Å². The molecule has 1 aliphatic rings. The molecule has 1 aromatic carbocycles. The lowest BCUT2D eigenvalue weighted by molar-refractivity contribution is 0.228. The molecule has 0 aliphatic heterocycles. The van der Waals surface area contributed by atoms with Gasteiger partial charge in [0.05, 0.1) is 4.90 Å². The van der Waals surface area contributed by atoms with Crippen molar-refractivity contribution in [2.24, 2.45) is 0 Å². The SMILES string of the molecule is O=S(=O)(c1ccc(F)c(F)c1)N(CCBr)C1CCC1. The second-order valence-electron chi connectivity index (χ2n) is 4.47. The molecule has 0 atom stereocenters. The zero-order chi connectivity index (χ0) is 14.0. The van der Waals surface area contributed by atoms with Crippen LogP contribution in [0.3, 0.4) is 0 Å². The van der Waals surface area contributed by atoms with E-state index in [1.54, 1.807) is 0 Å². The number of benzene rings is 1. The minimum atomic E-state index is -3.77. The van der Waals surface area contributed by atoms with Crippen molar-refractivity contribution in [1.82, 2.24) is 4.31 Å². The Morgan fingerprint density at radius 2 is 1.95 bits per heavy atom. The van der Waals surface area contributed by atoms with E-state index in [2.05, 4.69) is 15.9 Å². The maximum atomic E-state index is 13.2. The molecule has 19 heavy (non-hydrogen) atoms. The van der Waals surface area contributed by atoms with Gasteiger partial charge in [0.2, 0.25) is 10.0 Å². The van der Waals surface area contributed by atoms with Crippen LogP contribution in [-0.4, -0.2) is 30.6 Å². The molecule has 0 radical (unpaired) electrons. The second kappa shape index (κ2) is 5.85. The fourth-order valence-corrected chi connectivity index (χ4v) is 4.34. The van der Waals surface area contributed by atoms with Crippen LogP contribution in [0.4, 0.5) is 8.78 Å². The Hall–Kier alpha value is -0.530. The van der Waals surface area contributed by atoms with Gasteiger partial charge in [-0.25, -0.2) is 17.2 Å². The summed E-state index contributed by atoms with van der Waals surface area (Å²) < 4.78 is 52.3. The second-order valence-corrected chi connectivity index (χ2v) is 7.15. The molecule has 0 saturated heterocycles. The number of sulfonamides is 1. The van der Waals surface area contributed by atoms with Crippen LogP contribution in [0.25, 0.3) is 0 Å². The Morgan fingerprint density at radius 3 is 2.42 bits per heavy atom. The highest BCUT2D eigenvalue weighted by Crippen LogP contribution is 2.30. The third kappa shape index (κ3) is 2.98. The number of nitrogens with zero attached hydrogens (tertiary/aromatic N) is 1. The van der Waals surface area contributed by atoms with Crippen molar-refractivity contribution in [2.45, 2.75) is 30.2 Å². The summed E-state index contributed by atoms with van der Waals surface area (Å²) in [5, 5.41) is 0.506.